The van der Waals surface area contributed by atoms with Crippen LogP contribution in [0.5, 0.6) is 0 Å². The molecule has 1 aromatic carbocycles. The molecule has 0 spiro atoms. The number of benzene rings is 1. The monoisotopic (exact) mass is 276 g/mol. The summed E-state index contributed by atoms with van der Waals surface area (Å²) in [6.45, 7) is 6.70. The van der Waals surface area contributed by atoms with Crippen LogP contribution in [-0.2, 0) is 11.2 Å². The van der Waals surface area contributed by atoms with Crippen molar-refractivity contribution in [1.29, 1.82) is 0 Å². The average molecular weight is 276 g/mol. The molecule has 2 nitrogen and oxygen atoms in total. The molecular formula is C18H28O2. The zero-order chi connectivity index (χ0) is 14.8. The zero-order valence-electron chi connectivity index (χ0n) is 13.3. The Morgan fingerprint density at radius 1 is 1.20 bits per heavy atom. The Kier molecular flexibility index (Phi) is 4.55. The van der Waals surface area contributed by atoms with Crippen LogP contribution >= 0.6 is 0 Å². The van der Waals surface area contributed by atoms with E-state index in [2.05, 4.69) is 45.0 Å². The summed E-state index contributed by atoms with van der Waals surface area (Å²) >= 11 is 0. The molecule has 1 atom stereocenters. The predicted molar refractivity (Wildman–Crippen MR) is 82.9 cm³/mol. The lowest BCUT2D eigenvalue weighted by atomic mass is 9.68. The molecule has 0 amide bonds. The number of hydrogen-bond acceptors (Lipinski definition) is 2. The molecule has 1 aliphatic rings. The Morgan fingerprint density at radius 2 is 1.85 bits per heavy atom. The molecule has 0 aliphatic heterocycles. The second-order valence-electron chi connectivity index (χ2n) is 7.14. The van der Waals surface area contributed by atoms with Gasteiger partial charge in [-0.2, -0.15) is 0 Å². The molecule has 1 fully saturated rings. The van der Waals surface area contributed by atoms with Gasteiger partial charge in [0.05, 0.1) is 11.7 Å². The van der Waals surface area contributed by atoms with Gasteiger partial charge >= 0.3 is 0 Å². The van der Waals surface area contributed by atoms with Crippen LogP contribution in [0.2, 0.25) is 0 Å². The third-order valence-electron chi connectivity index (χ3n) is 4.98. The van der Waals surface area contributed by atoms with Crippen LogP contribution in [-0.4, -0.2) is 23.9 Å². The van der Waals surface area contributed by atoms with Gasteiger partial charge in [-0.05, 0) is 43.6 Å². The van der Waals surface area contributed by atoms with Crippen LogP contribution < -0.4 is 0 Å². The first-order valence-electron chi connectivity index (χ1n) is 7.66. The van der Waals surface area contributed by atoms with Crippen molar-refractivity contribution in [2.24, 2.45) is 5.41 Å². The van der Waals surface area contributed by atoms with Crippen molar-refractivity contribution in [2.45, 2.75) is 64.6 Å². The lowest BCUT2D eigenvalue weighted by molar-refractivity contribution is -0.135. The van der Waals surface area contributed by atoms with E-state index in [0.29, 0.717) is 11.8 Å². The zero-order valence-corrected chi connectivity index (χ0v) is 13.3. The number of aryl methyl sites for hydroxylation is 1. The van der Waals surface area contributed by atoms with Gasteiger partial charge in [0.2, 0.25) is 0 Å². The van der Waals surface area contributed by atoms with Gasteiger partial charge in [0.1, 0.15) is 0 Å². The number of rotatable bonds is 4. The summed E-state index contributed by atoms with van der Waals surface area (Å²) in [5, 5.41) is 10.7. The Morgan fingerprint density at radius 3 is 2.40 bits per heavy atom. The molecule has 1 saturated carbocycles. The fraction of sp³-hybridized carbons (Fsp3) is 0.667. The minimum atomic E-state index is -0.426. The highest BCUT2D eigenvalue weighted by molar-refractivity contribution is 5.23. The van der Waals surface area contributed by atoms with Crippen LogP contribution in [0.4, 0.5) is 0 Å². The molecule has 20 heavy (non-hydrogen) atoms. The van der Waals surface area contributed by atoms with Gasteiger partial charge in [-0.1, -0.05) is 43.7 Å². The summed E-state index contributed by atoms with van der Waals surface area (Å²) in [7, 11) is 1.75. The summed E-state index contributed by atoms with van der Waals surface area (Å²) < 4.78 is 5.79. The van der Waals surface area contributed by atoms with E-state index in [1.54, 1.807) is 7.11 Å². The lowest BCUT2D eigenvalue weighted by Crippen LogP contribution is -2.49. The second kappa shape index (κ2) is 5.87. The average Bonchev–Trinajstić information content (AvgIpc) is 2.39. The molecule has 1 unspecified atom stereocenters. The molecule has 112 valence electrons. The van der Waals surface area contributed by atoms with E-state index < -0.39 is 6.10 Å². The largest absolute Gasteiger partial charge is 0.390 e. The molecule has 0 heterocycles. The number of aliphatic hydroxyl groups excluding tert-OH is 1. The molecule has 1 aromatic rings. The van der Waals surface area contributed by atoms with Crippen molar-refractivity contribution in [1.82, 2.24) is 0 Å². The normalized spacial score (nSPS) is 22.4. The minimum Gasteiger partial charge on any atom is -0.390 e. The molecule has 0 radical (unpaired) electrons. The van der Waals surface area contributed by atoms with E-state index in [-0.39, 0.29) is 5.60 Å². The van der Waals surface area contributed by atoms with E-state index in [4.69, 9.17) is 4.74 Å². The first kappa shape index (κ1) is 15.5. The van der Waals surface area contributed by atoms with Gasteiger partial charge in [0.25, 0.3) is 0 Å². The lowest BCUT2D eigenvalue weighted by Gasteiger charge is -2.45. The molecular weight excluding hydrogens is 248 g/mol. The van der Waals surface area contributed by atoms with Crippen molar-refractivity contribution < 1.29 is 9.84 Å². The fourth-order valence-electron chi connectivity index (χ4n) is 3.27. The smallest absolute Gasteiger partial charge is 0.0940 e. The highest BCUT2D eigenvalue weighted by Crippen LogP contribution is 2.43. The third kappa shape index (κ3) is 3.42. The van der Waals surface area contributed by atoms with Crippen LogP contribution in [0.15, 0.2) is 24.3 Å². The van der Waals surface area contributed by atoms with Crippen LogP contribution in [0.1, 0.15) is 50.7 Å². The standard InChI is InChI=1S/C18H28O2/c1-14-6-5-7-15(12-14)13-16(19)18(20-4)10-8-17(2,3)9-11-18/h5-7,12,16,19H,8-11,13H2,1-4H3. The minimum absolute atomic E-state index is 0.362. The quantitative estimate of drug-likeness (QED) is 0.904. The van der Waals surface area contributed by atoms with Gasteiger partial charge in [0.15, 0.2) is 0 Å². The van der Waals surface area contributed by atoms with E-state index in [1.807, 2.05) is 0 Å². The van der Waals surface area contributed by atoms with E-state index >= 15 is 0 Å². The molecule has 2 heteroatoms. The summed E-state index contributed by atoms with van der Waals surface area (Å²) in [4.78, 5) is 0. The van der Waals surface area contributed by atoms with E-state index in [0.717, 1.165) is 25.7 Å². The maximum Gasteiger partial charge on any atom is 0.0940 e. The summed E-state index contributed by atoms with van der Waals surface area (Å²) in [6, 6.07) is 8.39. The van der Waals surface area contributed by atoms with Crippen LogP contribution in [0.3, 0.4) is 0 Å². The summed E-state index contributed by atoms with van der Waals surface area (Å²) in [6.07, 6.45) is 4.38. The fourth-order valence-corrected chi connectivity index (χ4v) is 3.27. The van der Waals surface area contributed by atoms with Crippen LogP contribution in [0.25, 0.3) is 0 Å². The molecule has 1 aliphatic carbocycles. The van der Waals surface area contributed by atoms with Gasteiger partial charge in [-0.15, -0.1) is 0 Å². The van der Waals surface area contributed by atoms with Gasteiger partial charge in [-0.25, -0.2) is 0 Å². The van der Waals surface area contributed by atoms with Crippen molar-refractivity contribution in [3.8, 4) is 0 Å². The molecule has 2 rings (SSSR count). The first-order chi connectivity index (χ1) is 9.37. The van der Waals surface area contributed by atoms with Crippen molar-refractivity contribution >= 4 is 0 Å². The molecule has 1 N–H and O–H groups in total. The van der Waals surface area contributed by atoms with E-state index in [9.17, 15) is 5.11 Å². The maximum atomic E-state index is 10.7. The van der Waals surface area contributed by atoms with Crippen molar-refractivity contribution in [3.63, 3.8) is 0 Å². The highest BCUT2D eigenvalue weighted by atomic mass is 16.5. The number of hydrogen-bond donors (Lipinski definition) is 1. The van der Waals surface area contributed by atoms with E-state index in [1.165, 1.54) is 11.1 Å². The SMILES string of the molecule is COC1(C(O)Cc2cccc(C)c2)CCC(C)(C)CC1. The molecule has 0 aromatic heterocycles. The number of ether oxygens (including phenoxy) is 1. The van der Waals surface area contributed by atoms with Crippen LogP contribution in [0, 0.1) is 12.3 Å². The molecule has 0 saturated heterocycles. The Bertz CT molecular complexity index is 440. The number of methoxy groups -OCH3 is 1. The predicted octanol–water partition coefficient (Wildman–Crippen LogP) is 3.88. The molecule has 0 bridgehead atoms. The highest BCUT2D eigenvalue weighted by Gasteiger charge is 2.43. The maximum absolute atomic E-state index is 10.7. The second-order valence-corrected chi connectivity index (χ2v) is 7.14. The van der Waals surface area contributed by atoms with Gasteiger partial charge in [0, 0.05) is 13.5 Å². The van der Waals surface area contributed by atoms with Gasteiger partial charge in [-0.3, -0.25) is 0 Å². The van der Waals surface area contributed by atoms with Crippen molar-refractivity contribution in [3.05, 3.63) is 35.4 Å². The van der Waals surface area contributed by atoms with Gasteiger partial charge < -0.3 is 9.84 Å². The Hall–Kier alpha value is -0.860. The third-order valence-corrected chi connectivity index (χ3v) is 4.98. The topological polar surface area (TPSA) is 29.5 Å². The first-order valence-corrected chi connectivity index (χ1v) is 7.66. The summed E-state index contributed by atoms with van der Waals surface area (Å²) in [5.41, 5.74) is 2.45. The Labute approximate surface area is 123 Å². The van der Waals surface area contributed by atoms with Crippen molar-refractivity contribution in [2.75, 3.05) is 7.11 Å². The Balaban J connectivity index is 2.08. The number of aliphatic hydroxyl groups is 1. The summed E-state index contributed by atoms with van der Waals surface area (Å²) in [5.74, 6) is 0.